The van der Waals surface area contributed by atoms with E-state index in [0.717, 1.165) is 6.42 Å². The van der Waals surface area contributed by atoms with E-state index in [1.807, 2.05) is 6.92 Å². The third kappa shape index (κ3) is 5.36. The van der Waals surface area contributed by atoms with Gasteiger partial charge in [0.15, 0.2) is 8.32 Å². The Balaban J connectivity index is 4.45. The molecule has 4 heteroatoms. The van der Waals surface area contributed by atoms with Gasteiger partial charge in [-0.3, -0.25) is 0 Å². The molecule has 0 aromatic carbocycles. The molecule has 18 heavy (non-hydrogen) atoms. The molecule has 0 amide bonds. The molecule has 0 aliphatic heterocycles. The second-order valence-electron chi connectivity index (χ2n) is 6.29. The van der Waals surface area contributed by atoms with Gasteiger partial charge < -0.3 is 9.16 Å². The summed E-state index contributed by atoms with van der Waals surface area (Å²) in [6, 6.07) is 0. The minimum Gasteiger partial charge on any atom is -0.460 e. The zero-order valence-electron chi connectivity index (χ0n) is 12.9. The number of carbonyl (C=O) groups is 1. The number of ether oxygens (including phenoxy) is 1. The predicted octanol–water partition coefficient (Wildman–Crippen LogP) is 3.91. The van der Waals surface area contributed by atoms with Crippen molar-refractivity contribution in [1.29, 1.82) is 0 Å². The first-order valence-corrected chi connectivity index (χ1v) is 9.42. The van der Waals surface area contributed by atoms with Crippen LogP contribution in [-0.4, -0.2) is 27.0 Å². The Morgan fingerprint density at radius 2 is 1.83 bits per heavy atom. The first kappa shape index (κ1) is 17.4. The molecule has 1 unspecified atom stereocenters. The SMILES string of the molecule is C=C(C)C(=O)OCC(CC)O[Si](C)(C)C(C)(C)C. The lowest BCUT2D eigenvalue weighted by molar-refractivity contribution is -0.141. The average molecular weight is 272 g/mol. The zero-order valence-corrected chi connectivity index (χ0v) is 13.9. The van der Waals surface area contributed by atoms with Crippen molar-refractivity contribution in [2.75, 3.05) is 6.61 Å². The van der Waals surface area contributed by atoms with Crippen LogP contribution in [0.15, 0.2) is 12.2 Å². The Morgan fingerprint density at radius 1 is 1.33 bits per heavy atom. The van der Waals surface area contributed by atoms with E-state index in [9.17, 15) is 4.79 Å². The number of rotatable bonds is 6. The molecule has 1 atom stereocenters. The molecule has 0 aliphatic carbocycles. The lowest BCUT2D eigenvalue weighted by Gasteiger charge is -2.39. The minimum absolute atomic E-state index is 0.0193. The summed E-state index contributed by atoms with van der Waals surface area (Å²) in [7, 11) is -1.80. The van der Waals surface area contributed by atoms with Crippen LogP contribution < -0.4 is 0 Å². The molecule has 0 heterocycles. The highest BCUT2D eigenvalue weighted by Crippen LogP contribution is 2.37. The van der Waals surface area contributed by atoms with Crippen molar-refractivity contribution in [3.8, 4) is 0 Å². The van der Waals surface area contributed by atoms with Gasteiger partial charge >= 0.3 is 5.97 Å². The van der Waals surface area contributed by atoms with E-state index in [1.165, 1.54) is 0 Å². The number of hydrogen-bond acceptors (Lipinski definition) is 3. The monoisotopic (exact) mass is 272 g/mol. The normalized spacial score (nSPS) is 14.2. The van der Waals surface area contributed by atoms with Gasteiger partial charge in [-0.15, -0.1) is 0 Å². The second-order valence-corrected chi connectivity index (χ2v) is 11.0. The molecule has 0 radical (unpaired) electrons. The third-order valence-corrected chi connectivity index (χ3v) is 8.01. The van der Waals surface area contributed by atoms with Crippen molar-refractivity contribution in [1.82, 2.24) is 0 Å². The summed E-state index contributed by atoms with van der Waals surface area (Å²) < 4.78 is 11.4. The van der Waals surface area contributed by atoms with E-state index >= 15 is 0 Å². The topological polar surface area (TPSA) is 35.5 Å². The van der Waals surface area contributed by atoms with Gasteiger partial charge in [0.25, 0.3) is 0 Å². The van der Waals surface area contributed by atoms with Crippen molar-refractivity contribution in [2.45, 2.75) is 65.3 Å². The summed E-state index contributed by atoms with van der Waals surface area (Å²) in [5.41, 5.74) is 0.428. The van der Waals surface area contributed by atoms with Gasteiger partial charge in [-0.2, -0.15) is 0 Å². The van der Waals surface area contributed by atoms with Crippen molar-refractivity contribution >= 4 is 14.3 Å². The van der Waals surface area contributed by atoms with Gasteiger partial charge in [0.1, 0.15) is 6.61 Å². The van der Waals surface area contributed by atoms with Crippen molar-refractivity contribution in [3.05, 3.63) is 12.2 Å². The zero-order chi connectivity index (χ0) is 14.6. The Morgan fingerprint density at radius 3 is 2.17 bits per heavy atom. The van der Waals surface area contributed by atoms with Crippen LogP contribution in [0.5, 0.6) is 0 Å². The molecule has 0 fully saturated rings. The highest BCUT2D eigenvalue weighted by Gasteiger charge is 2.39. The number of esters is 1. The van der Waals surface area contributed by atoms with Gasteiger partial charge in [0.05, 0.1) is 6.10 Å². The van der Waals surface area contributed by atoms with Crippen LogP contribution in [0.3, 0.4) is 0 Å². The first-order valence-electron chi connectivity index (χ1n) is 6.51. The fourth-order valence-electron chi connectivity index (χ4n) is 1.12. The molecule has 106 valence electrons. The second kappa shape index (κ2) is 6.52. The maximum atomic E-state index is 11.4. The minimum atomic E-state index is -1.80. The molecule has 0 spiro atoms. The largest absolute Gasteiger partial charge is 0.460 e. The molecule has 3 nitrogen and oxygen atoms in total. The highest BCUT2D eigenvalue weighted by atomic mass is 28.4. The fraction of sp³-hybridized carbons (Fsp3) is 0.786. The predicted molar refractivity (Wildman–Crippen MR) is 78.1 cm³/mol. The van der Waals surface area contributed by atoms with Crippen molar-refractivity contribution < 1.29 is 14.0 Å². The van der Waals surface area contributed by atoms with E-state index in [4.69, 9.17) is 9.16 Å². The van der Waals surface area contributed by atoms with E-state index in [-0.39, 0.29) is 17.1 Å². The van der Waals surface area contributed by atoms with E-state index in [0.29, 0.717) is 12.2 Å². The lowest BCUT2D eigenvalue weighted by atomic mass is 10.2. The highest BCUT2D eigenvalue weighted by molar-refractivity contribution is 6.74. The van der Waals surface area contributed by atoms with Gasteiger partial charge in [-0.25, -0.2) is 4.79 Å². The molecular weight excluding hydrogens is 244 g/mol. The number of carbonyl (C=O) groups excluding carboxylic acids is 1. The average Bonchev–Trinajstić information content (AvgIpc) is 2.21. The quantitative estimate of drug-likeness (QED) is 0.418. The standard InChI is InChI=1S/C14H28O3Si/c1-9-12(10-16-13(15)11(2)3)17-18(7,8)14(4,5)6/h12H,2,9-10H2,1,3-8H3. The molecule has 0 rings (SSSR count). The van der Waals surface area contributed by atoms with Gasteiger partial charge in [0.2, 0.25) is 0 Å². The van der Waals surface area contributed by atoms with E-state index < -0.39 is 8.32 Å². The fourth-order valence-corrected chi connectivity index (χ4v) is 2.54. The Kier molecular flexibility index (Phi) is 6.30. The van der Waals surface area contributed by atoms with Gasteiger partial charge in [-0.05, 0) is 31.5 Å². The van der Waals surface area contributed by atoms with Crippen LogP contribution in [-0.2, 0) is 14.0 Å². The summed E-state index contributed by atoms with van der Waals surface area (Å²) in [5, 5.41) is 0.165. The summed E-state index contributed by atoms with van der Waals surface area (Å²) in [6.45, 7) is 18.6. The molecule has 0 aromatic rings. The molecule has 0 aromatic heterocycles. The Bertz CT molecular complexity index is 303. The summed E-state index contributed by atoms with van der Waals surface area (Å²) in [6.07, 6.45) is 0.824. The molecule has 0 bridgehead atoms. The Hall–Kier alpha value is -0.613. The molecule has 0 saturated heterocycles. The van der Waals surface area contributed by atoms with Crippen LogP contribution in [0.4, 0.5) is 0 Å². The molecule has 0 saturated carbocycles. The third-order valence-electron chi connectivity index (χ3n) is 3.47. The number of hydrogen-bond donors (Lipinski definition) is 0. The molecule has 0 aliphatic rings. The summed E-state index contributed by atoms with van der Waals surface area (Å²) in [5.74, 6) is -0.340. The molecular formula is C14H28O3Si. The Labute approximate surface area is 113 Å². The lowest BCUT2D eigenvalue weighted by Crippen LogP contribution is -2.45. The summed E-state index contributed by atoms with van der Waals surface area (Å²) >= 11 is 0. The van der Waals surface area contributed by atoms with E-state index in [1.54, 1.807) is 6.92 Å². The maximum absolute atomic E-state index is 11.4. The van der Waals surface area contributed by atoms with E-state index in [2.05, 4.69) is 40.4 Å². The van der Waals surface area contributed by atoms with Crippen LogP contribution in [0.25, 0.3) is 0 Å². The van der Waals surface area contributed by atoms with Crippen LogP contribution in [0.2, 0.25) is 18.1 Å². The van der Waals surface area contributed by atoms with Crippen molar-refractivity contribution in [2.24, 2.45) is 0 Å². The van der Waals surface area contributed by atoms with Crippen LogP contribution in [0.1, 0.15) is 41.0 Å². The van der Waals surface area contributed by atoms with Crippen LogP contribution >= 0.6 is 0 Å². The van der Waals surface area contributed by atoms with Gasteiger partial charge in [-0.1, -0.05) is 34.3 Å². The van der Waals surface area contributed by atoms with Gasteiger partial charge in [0, 0.05) is 5.57 Å². The molecule has 0 N–H and O–H groups in total. The summed E-state index contributed by atoms with van der Waals surface area (Å²) in [4.78, 5) is 11.4. The smallest absolute Gasteiger partial charge is 0.333 e. The first-order chi connectivity index (χ1) is 8.01. The maximum Gasteiger partial charge on any atom is 0.333 e. The van der Waals surface area contributed by atoms with Crippen LogP contribution in [0, 0.1) is 0 Å². The van der Waals surface area contributed by atoms with Crippen molar-refractivity contribution in [3.63, 3.8) is 0 Å².